The molecular weight excluding hydrogens is 480 g/mol. The van der Waals surface area contributed by atoms with Gasteiger partial charge in [0.05, 0.1) is 10.6 Å². The summed E-state index contributed by atoms with van der Waals surface area (Å²) in [5, 5.41) is 2.89. The molecule has 0 radical (unpaired) electrons. The van der Waals surface area contributed by atoms with Crippen molar-refractivity contribution in [1.82, 2.24) is 0 Å². The molecule has 4 aromatic carbocycles. The first kappa shape index (κ1) is 24.4. The van der Waals surface area contributed by atoms with Crippen LogP contribution in [0.2, 0.25) is 0 Å². The molecule has 0 bridgehead atoms. The molecule has 178 valence electrons. The Morgan fingerprint density at radius 1 is 0.857 bits per heavy atom. The molecule has 0 fully saturated rings. The van der Waals surface area contributed by atoms with E-state index in [1.165, 1.54) is 12.1 Å². The van der Waals surface area contributed by atoms with Crippen LogP contribution in [-0.2, 0) is 14.8 Å². The Morgan fingerprint density at radius 2 is 1.51 bits per heavy atom. The first-order valence-electron chi connectivity index (χ1n) is 10.8. The van der Waals surface area contributed by atoms with E-state index in [2.05, 4.69) is 10.0 Å². The molecule has 6 nitrogen and oxygen atoms in total. The van der Waals surface area contributed by atoms with Crippen LogP contribution in [0.5, 0.6) is 5.75 Å². The predicted octanol–water partition coefficient (Wildman–Crippen LogP) is 5.96. The zero-order valence-corrected chi connectivity index (χ0v) is 20.6. The molecule has 8 heteroatoms. The minimum atomic E-state index is -3.74. The summed E-state index contributed by atoms with van der Waals surface area (Å²) in [6.07, 6.45) is 0. The van der Waals surface area contributed by atoms with Crippen molar-refractivity contribution in [1.29, 1.82) is 0 Å². The van der Waals surface area contributed by atoms with Crippen LogP contribution in [0.1, 0.15) is 5.56 Å². The van der Waals surface area contributed by atoms with E-state index in [0.717, 1.165) is 9.79 Å². The Hall–Kier alpha value is -3.75. The van der Waals surface area contributed by atoms with E-state index in [4.69, 9.17) is 4.74 Å². The van der Waals surface area contributed by atoms with Crippen LogP contribution in [0.25, 0.3) is 0 Å². The highest BCUT2D eigenvalue weighted by Gasteiger charge is 2.16. The van der Waals surface area contributed by atoms with Gasteiger partial charge < -0.3 is 10.1 Å². The molecule has 1 amide bonds. The molecule has 0 aliphatic rings. The van der Waals surface area contributed by atoms with Crippen LogP contribution in [0.3, 0.4) is 0 Å². The van der Waals surface area contributed by atoms with Gasteiger partial charge in [0.15, 0.2) is 6.61 Å². The van der Waals surface area contributed by atoms with Crippen LogP contribution in [0, 0.1) is 6.92 Å². The molecule has 0 aromatic heterocycles. The molecule has 2 N–H and O–H groups in total. The van der Waals surface area contributed by atoms with E-state index >= 15 is 0 Å². The Balaban J connectivity index is 1.38. The number of carbonyl (C=O) groups is 1. The molecule has 0 atom stereocenters. The molecular formula is C27H24N2O4S2. The number of sulfonamides is 1. The maximum atomic E-state index is 12.7. The number of aryl methyl sites for hydroxylation is 1. The van der Waals surface area contributed by atoms with E-state index < -0.39 is 10.0 Å². The first-order valence-corrected chi connectivity index (χ1v) is 13.1. The Labute approximate surface area is 209 Å². The molecule has 0 spiro atoms. The number of amides is 1. The van der Waals surface area contributed by atoms with Gasteiger partial charge in [0.25, 0.3) is 15.9 Å². The van der Waals surface area contributed by atoms with Gasteiger partial charge in [-0.3, -0.25) is 9.52 Å². The second kappa shape index (κ2) is 11.1. The summed E-state index contributed by atoms with van der Waals surface area (Å²) in [7, 11) is -3.74. The fourth-order valence-corrected chi connectivity index (χ4v) is 5.34. The Kier molecular flexibility index (Phi) is 7.74. The van der Waals surface area contributed by atoms with Crippen molar-refractivity contribution >= 4 is 39.1 Å². The van der Waals surface area contributed by atoms with E-state index in [1.807, 2.05) is 60.7 Å². The maximum Gasteiger partial charge on any atom is 0.262 e. The lowest BCUT2D eigenvalue weighted by atomic mass is 10.2. The molecule has 0 heterocycles. The fourth-order valence-electron chi connectivity index (χ4n) is 3.28. The number of carbonyl (C=O) groups excluding carboxylic acids is 1. The summed E-state index contributed by atoms with van der Waals surface area (Å²) < 4.78 is 33.6. The van der Waals surface area contributed by atoms with E-state index in [1.54, 1.807) is 49.0 Å². The SMILES string of the molecule is Cc1cc(S(=O)(=O)Nc2ccccc2)ccc1OCC(=O)Nc1ccccc1Sc1ccccc1. The molecule has 4 aromatic rings. The smallest absolute Gasteiger partial charge is 0.262 e. The van der Waals surface area contributed by atoms with Gasteiger partial charge in [0, 0.05) is 15.5 Å². The summed E-state index contributed by atoms with van der Waals surface area (Å²) in [6.45, 7) is 1.53. The zero-order valence-electron chi connectivity index (χ0n) is 19.0. The van der Waals surface area contributed by atoms with Gasteiger partial charge in [-0.1, -0.05) is 60.3 Å². The molecule has 4 rings (SSSR count). The van der Waals surface area contributed by atoms with Crippen LogP contribution in [0.15, 0.2) is 118 Å². The number of ether oxygens (including phenoxy) is 1. The number of hydrogen-bond acceptors (Lipinski definition) is 5. The largest absolute Gasteiger partial charge is 0.483 e. The lowest BCUT2D eigenvalue weighted by Gasteiger charge is -2.13. The first-order chi connectivity index (χ1) is 16.9. The molecule has 35 heavy (non-hydrogen) atoms. The van der Waals surface area contributed by atoms with Crippen molar-refractivity contribution < 1.29 is 17.9 Å². The monoisotopic (exact) mass is 504 g/mol. The standard InChI is InChI=1S/C27H24N2O4S2/c1-20-18-23(35(31,32)29-21-10-4-2-5-11-21)16-17-25(20)33-19-27(30)28-24-14-8-9-15-26(24)34-22-12-6-3-7-13-22/h2-18,29H,19H2,1H3,(H,28,30). The number of para-hydroxylation sites is 2. The summed E-state index contributed by atoms with van der Waals surface area (Å²) >= 11 is 1.56. The summed E-state index contributed by atoms with van der Waals surface area (Å²) in [5.41, 5.74) is 1.78. The van der Waals surface area contributed by atoms with Gasteiger partial charge in [0.2, 0.25) is 0 Å². The van der Waals surface area contributed by atoms with Gasteiger partial charge in [-0.15, -0.1) is 0 Å². The van der Waals surface area contributed by atoms with Crippen molar-refractivity contribution in [2.24, 2.45) is 0 Å². The number of benzene rings is 4. The lowest BCUT2D eigenvalue weighted by molar-refractivity contribution is -0.118. The van der Waals surface area contributed by atoms with E-state index in [0.29, 0.717) is 22.7 Å². The summed E-state index contributed by atoms with van der Waals surface area (Å²) in [6, 6.07) is 30.7. The Morgan fingerprint density at radius 3 is 2.23 bits per heavy atom. The van der Waals surface area contributed by atoms with Gasteiger partial charge >= 0.3 is 0 Å². The minimum absolute atomic E-state index is 0.113. The zero-order chi connectivity index (χ0) is 24.7. The second-order valence-corrected chi connectivity index (χ2v) is 10.4. The van der Waals surface area contributed by atoms with Crippen LogP contribution >= 0.6 is 11.8 Å². The van der Waals surface area contributed by atoms with Crippen molar-refractivity contribution in [2.75, 3.05) is 16.6 Å². The van der Waals surface area contributed by atoms with E-state index in [-0.39, 0.29) is 17.4 Å². The number of rotatable bonds is 9. The number of nitrogens with one attached hydrogen (secondary N) is 2. The highest BCUT2D eigenvalue weighted by atomic mass is 32.2. The van der Waals surface area contributed by atoms with Gasteiger partial charge in [-0.25, -0.2) is 8.42 Å². The molecule has 0 saturated heterocycles. The van der Waals surface area contributed by atoms with Gasteiger partial charge in [0.1, 0.15) is 5.75 Å². The lowest BCUT2D eigenvalue weighted by Crippen LogP contribution is -2.21. The number of anilines is 2. The average Bonchev–Trinajstić information content (AvgIpc) is 2.85. The molecule has 0 saturated carbocycles. The third kappa shape index (κ3) is 6.65. The van der Waals surface area contributed by atoms with Crippen molar-refractivity contribution in [3.05, 3.63) is 109 Å². The predicted molar refractivity (Wildman–Crippen MR) is 140 cm³/mol. The topological polar surface area (TPSA) is 84.5 Å². The molecule has 0 aliphatic heterocycles. The Bertz CT molecular complexity index is 1410. The van der Waals surface area contributed by atoms with Crippen molar-refractivity contribution in [3.63, 3.8) is 0 Å². The maximum absolute atomic E-state index is 12.7. The van der Waals surface area contributed by atoms with Crippen LogP contribution in [-0.4, -0.2) is 20.9 Å². The van der Waals surface area contributed by atoms with Crippen molar-refractivity contribution in [3.8, 4) is 5.75 Å². The number of hydrogen-bond donors (Lipinski definition) is 2. The fraction of sp³-hybridized carbons (Fsp3) is 0.0741. The van der Waals surface area contributed by atoms with Crippen LogP contribution in [0.4, 0.5) is 11.4 Å². The summed E-state index contributed by atoms with van der Waals surface area (Å²) in [4.78, 5) is 14.7. The van der Waals surface area contributed by atoms with Crippen molar-refractivity contribution in [2.45, 2.75) is 21.6 Å². The highest BCUT2D eigenvalue weighted by molar-refractivity contribution is 7.99. The van der Waals surface area contributed by atoms with Crippen LogP contribution < -0.4 is 14.8 Å². The van der Waals surface area contributed by atoms with E-state index in [9.17, 15) is 13.2 Å². The van der Waals surface area contributed by atoms with Gasteiger partial charge in [-0.2, -0.15) is 0 Å². The third-order valence-corrected chi connectivity index (χ3v) is 7.44. The normalized spacial score (nSPS) is 11.0. The van der Waals surface area contributed by atoms with Gasteiger partial charge in [-0.05, 0) is 67.1 Å². The molecule has 0 aliphatic carbocycles. The minimum Gasteiger partial charge on any atom is -0.483 e. The quantitative estimate of drug-likeness (QED) is 0.294. The third-order valence-electron chi connectivity index (χ3n) is 4.97. The second-order valence-electron chi connectivity index (χ2n) is 7.65. The highest BCUT2D eigenvalue weighted by Crippen LogP contribution is 2.33. The average molecular weight is 505 g/mol. The molecule has 0 unspecified atom stereocenters. The summed E-state index contributed by atoms with van der Waals surface area (Å²) in [5.74, 6) is 0.124.